The fourth-order valence-corrected chi connectivity index (χ4v) is 5.62. The number of carbonyl (C=O) groups is 3. The molecule has 2 saturated heterocycles. The van der Waals surface area contributed by atoms with E-state index in [0.29, 0.717) is 11.3 Å². The number of anilines is 1. The maximum absolute atomic E-state index is 13.9. The van der Waals surface area contributed by atoms with E-state index in [2.05, 4.69) is 5.32 Å². The lowest BCUT2D eigenvalue weighted by atomic mass is 9.76. The van der Waals surface area contributed by atoms with Crippen LogP contribution in [0.1, 0.15) is 23.6 Å². The lowest BCUT2D eigenvalue weighted by Crippen LogP contribution is -2.58. The molecular weight excluding hydrogens is 498 g/mol. The molecule has 0 aromatic heterocycles. The molecule has 0 spiro atoms. The highest BCUT2D eigenvalue weighted by atomic mass is 16.6. The molecule has 3 aromatic rings. The molecule has 9 heteroatoms. The van der Waals surface area contributed by atoms with Crippen molar-refractivity contribution in [2.24, 2.45) is 11.8 Å². The summed E-state index contributed by atoms with van der Waals surface area (Å²) in [6.07, 6.45) is 4.19. The number of carboxylic acids is 1. The highest BCUT2D eigenvalue weighted by Gasteiger charge is 2.68. The number of aryl methyl sites for hydroxylation is 1. The quantitative estimate of drug-likeness (QED) is 0.258. The number of non-ortho nitro benzene ring substituents is 1. The number of amides is 2. The van der Waals surface area contributed by atoms with Crippen LogP contribution in [0, 0.1) is 22.0 Å². The predicted molar refractivity (Wildman–Crippen MR) is 145 cm³/mol. The number of hydrogen-bond donors (Lipinski definition) is 2. The Bertz CT molecular complexity index is 1450. The molecular formula is C30H27N3O6. The first-order chi connectivity index (χ1) is 18.7. The molecule has 2 heterocycles. The smallest absolute Gasteiger partial charge is 0.325 e. The molecule has 198 valence electrons. The number of aliphatic carboxylic acids is 1. The number of benzene rings is 3. The number of imide groups is 1. The maximum atomic E-state index is 13.9. The van der Waals surface area contributed by atoms with Crippen LogP contribution in [0.2, 0.25) is 0 Å². The number of carboxylic acid groups (broad SMARTS) is 1. The van der Waals surface area contributed by atoms with Crippen molar-refractivity contribution >= 4 is 35.2 Å². The number of nitro groups is 1. The number of carbonyl (C=O) groups excluding carboxylic acids is 2. The van der Waals surface area contributed by atoms with Gasteiger partial charge >= 0.3 is 5.97 Å². The summed E-state index contributed by atoms with van der Waals surface area (Å²) in [5.74, 6) is -4.44. The zero-order chi connectivity index (χ0) is 27.7. The van der Waals surface area contributed by atoms with E-state index in [4.69, 9.17) is 0 Å². The second kappa shape index (κ2) is 10.3. The Balaban J connectivity index is 1.57. The summed E-state index contributed by atoms with van der Waals surface area (Å²) in [5.41, 5.74) is 0.865. The van der Waals surface area contributed by atoms with E-state index in [1.54, 1.807) is 24.3 Å². The predicted octanol–water partition coefficient (Wildman–Crippen LogP) is 4.01. The third-order valence-corrected chi connectivity index (χ3v) is 7.60. The van der Waals surface area contributed by atoms with E-state index >= 15 is 0 Å². The molecule has 4 unspecified atom stereocenters. The average Bonchev–Trinajstić information content (AvgIpc) is 3.41. The van der Waals surface area contributed by atoms with E-state index in [0.717, 1.165) is 22.4 Å². The zero-order valence-corrected chi connectivity index (χ0v) is 21.2. The fourth-order valence-electron chi connectivity index (χ4n) is 5.62. The Morgan fingerprint density at radius 2 is 1.64 bits per heavy atom. The van der Waals surface area contributed by atoms with Crippen LogP contribution in [-0.2, 0) is 27.2 Å². The summed E-state index contributed by atoms with van der Waals surface area (Å²) < 4.78 is 0. The second-order valence-electron chi connectivity index (χ2n) is 9.85. The van der Waals surface area contributed by atoms with Gasteiger partial charge in [-0.3, -0.25) is 29.8 Å². The SMILES string of the molecule is CCc1ccc(N2C(=O)C3C(C=Cc4ccccc4)NC(Cc4ccc([N+](=O)[O-])cc4)(C(=O)O)C3C2=O)cc1. The zero-order valence-electron chi connectivity index (χ0n) is 21.2. The van der Waals surface area contributed by atoms with Gasteiger partial charge < -0.3 is 5.11 Å². The summed E-state index contributed by atoms with van der Waals surface area (Å²) in [6.45, 7) is 2.00. The van der Waals surface area contributed by atoms with Gasteiger partial charge in [0, 0.05) is 24.6 Å². The summed E-state index contributed by atoms with van der Waals surface area (Å²) in [4.78, 5) is 52.4. The van der Waals surface area contributed by atoms with Gasteiger partial charge in [-0.1, -0.05) is 73.7 Å². The van der Waals surface area contributed by atoms with Crippen molar-refractivity contribution in [2.45, 2.75) is 31.3 Å². The molecule has 5 rings (SSSR count). The van der Waals surface area contributed by atoms with Crippen molar-refractivity contribution in [3.05, 3.63) is 112 Å². The Labute approximate surface area is 224 Å². The molecule has 0 aliphatic carbocycles. The molecule has 0 saturated carbocycles. The number of nitrogens with zero attached hydrogens (tertiary/aromatic N) is 2. The molecule has 4 atom stereocenters. The van der Waals surface area contributed by atoms with Gasteiger partial charge in [0.15, 0.2) is 0 Å². The standard InChI is InChI=1S/C30H27N3O6/c1-2-19-8-13-22(14-9-19)32-27(34)25-24(17-12-20-6-4-3-5-7-20)31-30(29(36)37,26(25)28(32)35)18-21-10-15-23(16-11-21)33(38)39/h3-17,24-26,31H,2,18H2,1H3,(H,36,37). The van der Waals surface area contributed by atoms with Gasteiger partial charge in [-0.25, -0.2) is 4.90 Å². The molecule has 2 N–H and O–H groups in total. The van der Waals surface area contributed by atoms with Gasteiger partial charge in [0.05, 0.1) is 22.4 Å². The van der Waals surface area contributed by atoms with Crippen molar-refractivity contribution in [1.82, 2.24) is 5.32 Å². The van der Waals surface area contributed by atoms with Gasteiger partial charge in [-0.15, -0.1) is 0 Å². The van der Waals surface area contributed by atoms with E-state index in [1.165, 1.54) is 24.3 Å². The Morgan fingerprint density at radius 1 is 1.00 bits per heavy atom. The topological polar surface area (TPSA) is 130 Å². The normalized spacial score (nSPS) is 24.3. The minimum absolute atomic E-state index is 0.127. The van der Waals surface area contributed by atoms with E-state index < -0.39 is 46.1 Å². The van der Waals surface area contributed by atoms with Crippen molar-refractivity contribution in [3.63, 3.8) is 0 Å². The Hall–Kier alpha value is -4.63. The number of hydrogen-bond acceptors (Lipinski definition) is 6. The molecule has 2 amide bonds. The number of nitrogens with one attached hydrogen (secondary N) is 1. The number of nitro benzene ring substituents is 1. The van der Waals surface area contributed by atoms with Crippen LogP contribution in [0.25, 0.3) is 6.08 Å². The van der Waals surface area contributed by atoms with Crippen LogP contribution in [-0.4, -0.2) is 39.4 Å². The first-order valence-electron chi connectivity index (χ1n) is 12.7. The van der Waals surface area contributed by atoms with Crippen molar-refractivity contribution in [1.29, 1.82) is 0 Å². The van der Waals surface area contributed by atoms with E-state index in [1.807, 2.05) is 49.4 Å². The summed E-state index contributed by atoms with van der Waals surface area (Å²) in [6, 6.07) is 21.3. The molecule has 0 radical (unpaired) electrons. The first kappa shape index (κ1) is 26.0. The molecule has 2 aliphatic heterocycles. The van der Waals surface area contributed by atoms with Gasteiger partial charge in [0.25, 0.3) is 5.69 Å². The van der Waals surface area contributed by atoms with Crippen molar-refractivity contribution < 1.29 is 24.4 Å². The van der Waals surface area contributed by atoms with Crippen molar-refractivity contribution in [3.8, 4) is 0 Å². The lowest BCUT2D eigenvalue weighted by molar-refractivity contribution is -0.384. The third-order valence-electron chi connectivity index (χ3n) is 7.60. The van der Waals surface area contributed by atoms with Gasteiger partial charge in [0.1, 0.15) is 5.54 Å². The average molecular weight is 526 g/mol. The van der Waals surface area contributed by atoms with Crippen LogP contribution in [0.4, 0.5) is 11.4 Å². The first-order valence-corrected chi connectivity index (χ1v) is 12.7. The molecule has 9 nitrogen and oxygen atoms in total. The molecule has 39 heavy (non-hydrogen) atoms. The van der Waals surface area contributed by atoms with Crippen LogP contribution >= 0.6 is 0 Å². The number of rotatable bonds is 8. The monoisotopic (exact) mass is 525 g/mol. The van der Waals surface area contributed by atoms with Crippen molar-refractivity contribution in [2.75, 3.05) is 4.90 Å². The summed E-state index contributed by atoms with van der Waals surface area (Å²) in [7, 11) is 0. The van der Waals surface area contributed by atoms with Gasteiger partial charge in [0.2, 0.25) is 11.8 Å². The Morgan fingerprint density at radius 3 is 2.23 bits per heavy atom. The lowest BCUT2D eigenvalue weighted by Gasteiger charge is -2.31. The fraction of sp³-hybridized carbons (Fsp3) is 0.233. The minimum atomic E-state index is -1.81. The van der Waals surface area contributed by atoms with Crippen LogP contribution < -0.4 is 10.2 Å². The van der Waals surface area contributed by atoms with Crippen LogP contribution in [0.15, 0.2) is 84.9 Å². The summed E-state index contributed by atoms with van der Waals surface area (Å²) >= 11 is 0. The minimum Gasteiger partial charge on any atom is -0.480 e. The molecule has 3 aromatic carbocycles. The molecule has 2 aliphatic rings. The highest BCUT2D eigenvalue weighted by molar-refractivity contribution is 6.24. The maximum Gasteiger partial charge on any atom is 0.325 e. The van der Waals surface area contributed by atoms with Gasteiger partial charge in [-0.2, -0.15) is 0 Å². The Kier molecular flexibility index (Phi) is 6.84. The van der Waals surface area contributed by atoms with Crippen LogP contribution in [0.5, 0.6) is 0 Å². The summed E-state index contributed by atoms with van der Waals surface area (Å²) in [5, 5.41) is 24.8. The highest BCUT2D eigenvalue weighted by Crippen LogP contribution is 2.46. The molecule has 2 fully saturated rings. The number of fused-ring (bicyclic) bond motifs is 1. The molecule has 0 bridgehead atoms. The third kappa shape index (κ3) is 4.61. The van der Waals surface area contributed by atoms with E-state index in [9.17, 15) is 29.6 Å². The van der Waals surface area contributed by atoms with Crippen LogP contribution in [0.3, 0.4) is 0 Å². The second-order valence-corrected chi connectivity index (χ2v) is 9.85. The van der Waals surface area contributed by atoms with E-state index in [-0.39, 0.29) is 12.1 Å². The van der Waals surface area contributed by atoms with Gasteiger partial charge in [-0.05, 0) is 35.2 Å². The largest absolute Gasteiger partial charge is 0.480 e.